The SMILES string of the molecule is C=C1CS[C@@H]2[C@H](NC(=O)Cc3ccccc3)C(=O)N2C1C(=O)O. The number of carbonyl (C=O) groups is 3. The largest absolute Gasteiger partial charge is 0.479 e. The molecular formula is C16H16N2O4S. The van der Waals surface area contributed by atoms with Crippen molar-refractivity contribution in [2.75, 3.05) is 5.75 Å². The van der Waals surface area contributed by atoms with Crippen LogP contribution in [0.3, 0.4) is 0 Å². The van der Waals surface area contributed by atoms with Crippen LogP contribution < -0.4 is 5.32 Å². The van der Waals surface area contributed by atoms with Crippen LogP contribution in [0.15, 0.2) is 42.5 Å². The Bertz CT molecular complexity index is 676. The molecule has 0 saturated carbocycles. The van der Waals surface area contributed by atoms with E-state index in [9.17, 15) is 19.5 Å². The first-order chi connectivity index (χ1) is 11.0. The maximum atomic E-state index is 12.2. The van der Waals surface area contributed by atoms with E-state index in [1.165, 1.54) is 16.7 Å². The van der Waals surface area contributed by atoms with Gasteiger partial charge in [-0.15, -0.1) is 11.8 Å². The topological polar surface area (TPSA) is 86.7 Å². The van der Waals surface area contributed by atoms with Crippen LogP contribution in [0.1, 0.15) is 5.56 Å². The standard InChI is InChI=1S/C16H16N2O4S/c1-9-8-23-15-12(14(20)18(15)13(9)16(21)22)17-11(19)7-10-5-3-2-4-6-10/h2-6,12-13,15H,1,7-8H2,(H,17,19)(H,21,22)/t12-,13?,15-/m1/s1. The fourth-order valence-corrected chi connectivity index (χ4v) is 4.14. The normalized spacial score (nSPS) is 26.3. The van der Waals surface area contributed by atoms with E-state index in [0.717, 1.165) is 5.56 Å². The van der Waals surface area contributed by atoms with E-state index in [2.05, 4.69) is 11.9 Å². The number of thioether (sulfide) groups is 1. The predicted molar refractivity (Wildman–Crippen MR) is 85.7 cm³/mol. The van der Waals surface area contributed by atoms with Crippen LogP contribution in [-0.4, -0.2) is 51.0 Å². The highest BCUT2D eigenvalue weighted by Gasteiger charge is 2.56. The molecule has 0 aromatic heterocycles. The summed E-state index contributed by atoms with van der Waals surface area (Å²) >= 11 is 1.43. The van der Waals surface area contributed by atoms with Gasteiger partial charge in [-0.05, 0) is 11.1 Å². The highest BCUT2D eigenvalue weighted by atomic mass is 32.2. The maximum Gasteiger partial charge on any atom is 0.330 e. The van der Waals surface area contributed by atoms with Crippen molar-refractivity contribution in [3.05, 3.63) is 48.0 Å². The van der Waals surface area contributed by atoms with E-state index in [1.54, 1.807) is 0 Å². The molecule has 0 spiro atoms. The Morgan fingerprint density at radius 2 is 2.04 bits per heavy atom. The van der Waals surface area contributed by atoms with Gasteiger partial charge >= 0.3 is 5.97 Å². The lowest BCUT2D eigenvalue weighted by atomic mass is 9.98. The zero-order valence-corrected chi connectivity index (χ0v) is 13.1. The molecule has 3 rings (SSSR count). The highest BCUT2D eigenvalue weighted by Crippen LogP contribution is 2.39. The molecule has 23 heavy (non-hydrogen) atoms. The number of hydrogen-bond acceptors (Lipinski definition) is 4. The first kappa shape index (κ1) is 15.6. The van der Waals surface area contributed by atoms with Gasteiger partial charge in [0.15, 0.2) is 6.04 Å². The third-order valence-corrected chi connectivity index (χ3v) is 5.32. The second-order valence-corrected chi connectivity index (χ2v) is 6.66. The number of fused-ring (bicyclic) bond motifs is 1. The van der Waals surface area contributed by atoms with Crippen LogP contribution in [0.5, 0.6) is 0 Å². The van der Waals surface area contributed by atoms with Crippen molar-refractivity contribution < 1.29 is 19.5 Å². The van der Waals surface area contributed by atoms with Gasteiger partial charge in [0.05, 0.1) is 6.42 Å². The van der Waals surface area contributed by atoms with Gasteiger partial charge in [-0.25, -0.2) is 4.79 Å². The molecule has 0 radical (unpaired) electrons. The lowest BCUT2D eigenvalue weighted by Gasteiger charge is -2.52. The summed E-state index contributed by atoms with van der Waals surface area (Å²) in [5.74, 6) is -1.22. The smallest absolute Gasteiger partial charge is 0.330 e. The number of aliphatic carboxylic acids is 1. The quantitative estimate of drug-likeness (QED) is 0.624. The minimum absolute atomic E-state index is 0.192. The predicted octanol–water partition coefficient (Wildman–Crippen LogP) is 0.638. The van der Waals surface area contributed by atoms with Crippen molar-refractivity contribution in [2.24, 2.45) is 0 Å². The number of β-lactam (4-membered cyclic amide) rings is 1. The molecule has 2 N–H and O–H groups in total. The van der Waals surface area contributed by atoms with E-state index in [4.69, 9.17) is 0 Å². The van der Waals surface area contributed by atoms with E-state index >= 15 is 0 Å². The lowest BCUT2D eigenvalue weighted by Crippen LogP contribution is -2.74. The number of rotatable bonds is 4. The van der Waals surface area contributed by atoms with Gasteiger partial charge < -0.3 is 15.3 Å². The van der Waals surface area contributed by atoms with Gasteiger partial charge in [-0.1, -0.05) is 36.9 Å². The van der Waals surface area contributed by atoms with Crippen molar-refractivity contribution in [1.82, 2.24) is 10.2 Å². The fraction of sp³-hybridized carbons (Fsp3) is 0.312. The summed E-state index contributed by atoms with van der Waals surface area (Å²) in [7, 11) is 0. The van der Waals surface area contributed by atoms with Crippen LogP contribution >= 0.6 is 11.8 Å². The highest BCUT2D eigenvalue weighted by molar-refractivity contribution is 8.00. The van der Waals surface area contributed by atoms with Crippen molar-refractivity contribution in [1.29, 1.82) is 0 Å². The minimum Gasteiger partial charge on any atom is -0.479 e. The molecule has 2 aliphatic rings. The van der Waals surface area contributed by atoms with Gasteiger partial charge in [0.2, 0.25) is 11.8 Å². The molecule has 6 nitrogen and oxygen atoms in total. The number of nitrogens with one attached hydrogen (secondary N) is 1. The summed E-state index contributed by atoms with van der Waals surface area (Å²) in [6, 6.07) is 7.59. The second kappa shape index (κ2) is 6.08. The molecule has 0 bridgehead atoms. The van der Waals surface area contributed by atoms with Crippen molar-refractivity contribution in [2.45, 2.75) is 23.9 Å². The van der Waals surface area contributed by atoms with Crippen LogP contribution in [0, 0.1) is 0 Å². The molecule has 2 heterocycles. The third kappa shape index (κ3) is 2.84. The average molecular weight is 332 g/mol. The van der Waals surface area contributed by atoms with Gasteiger partial charge in [-0.3, -0.25) is 9.59 Å². The van der Waals surface area contributed by atoms with E-state index in [-0.39, 0.29) is 23.6 Å². The van der Waals surface area contributed by atoms with Crippen molar-refractivity contribution >= 4 is 29.5 Å². The lowest BCUT2D eigenvalue weighted by molar-refractivity contribution is -0.160. The number of nitrogens with zero attached hydrogens (tertiary/aromatic N) is 1. The van der Waals surface area contributed by atoms with Crippen LogP contribution in [0.25, 0.3) is 0 Å². The van der Waals surface area contributed by atoms with Gasteiger partial charge in [0.25, 0.3) is 0 Å². The summed E-state index contributed by atoms with van der Waals surface area (Å²) in [6.07, 6.45) is 0.192. The summed E-state index contributed by atoms with van der Waals surface area (Å²) in [5.41, 5.74) is 1.36. The second-order valence-electron chi connectivity index (χ2n) is 5.55. The number of carboxylic acids is 1. The number of hydrogen-bond donors (Lipinski definition) is 2. The monoisotopic (exact) mass is 332 g/mol. The molecule has 2 fully saturated rings. The Kier molecular flexibility index (Phi) is 4.12. The van der Waals surface area contributed by atoms with Crippen LogP contribution in [0.2, 0.25) is 0 Å². The van der Waals surface area contributed by atoms with Gasteiger partial charge in [0.1, 0.15) is 11.4 Å². The molecule has 2 saturated heterocycles. The zero-order valence-electron chi connectivity index (χ0n) is 12.3. The van der Waals surface area contributed by atoms with Crippen LogP contribution in [0.4, 0.5) is 0 Å². The summed E-state index contributed by atoms with van der Waals surface area (Å²) in [4.78, 5) is 36.9. The first-order valence-corrected chi connectivity index (χ1v) is 8.21. The Labute approximate surface area is 137 Å². The Hall–Kier alpha value is -2.28. The maximum absolute atomic E-state index is 12.2. The number of carbonyl (C=O) groups excluding carboxylic acids is 2. The molecule has 2 amide bonds. The van der Waals surface area contributed by atoms with E-state index < -0.39 is 18.1 Å². The molecule has 120 valence electrons. The Morgan fingerprint density at radius 3 is 2.70 bits per heavy atom. The third-order valence-electron chi connectivity index (χ3n) is 3.94. The van der Waals surface area contributed by atoms with E-state index in [1.807, 2.05) is 30.3 Å². The molecule has 7 heteroatoms. The fourth-order valence-electron chi connectivity index (χ4n) is 2.84. The molecular weight excluding hydrogens is 316 g/mol. The Morgan fingerprint density at radius 1 is 1.35 bits per heavy atom. The molecule has 3 atom stereocenters. The number of benzene rings is 1. The zero-order chi connectivity index (χ0) is 16.6. The number of amides is 2. The molecule has 1 aromatic carbocycles. The van der Waals surface area contributed by atoms with Crippen LogP contribution in [-0.2, 0) is 20.8 Å². The summed E-state index contributed by atoms with van der Waals surface area (Å²) in [6.45, 7) is 3.73. The van der Waals surface area contributed by atoms with Gasteiger partial charge in [-0.2, -0.15) is 0 Å². The van der Waals surface area contributed by atoms with E-state index in [0.29, 0.717) is 11.3 Å². The number of carboxylic acid groups (broad SMARTS) is 1. The minimum atomic E-state index is -1.08. The van der Waals surface area contributed by atoms with Crippen molar-refractivity contribution in [3.8, 4) is 0 Å². The molecule has 1 unspecified atom stereocenters. The molecule has 2 aliphatic heterocycles. The average Bonchev–Trinajstić information content (AvgIpc) is 2.53. The summed E-state index contributed by atoms with van der Waals surface area (Å²) in [5, 5.41) is 11.6. The van der Waals surface area contributed by atoms with Crippen molar-refractivity contribution in [3.63, 3.8) is 0 Å². The first-order valence-electron chi connectivity index (χ1n) is 7.16. The Balaban J connectivity index is 1.65. The molecule has 0 aliphatic carbocycles. The summed E-state index contributed by atoms with van der Waals surface area (Å²) < 4.78 is 0. The molecule has 1 aromatic rings. The van der Waals surface area contributed by atoms with Gasteiger partial charge in [0, 0.05) is 5.75 Å².